The van der Waals surface area contributed by atoms with E-state index in [0.717, 1.165) is 18.2 Å². The fourth-order valence-electron chi connectivity index (χ4n) is 1.35. The van der Waals surface area contributed by atoms with Gasteiger partial charge in [-0.05, 0) is 25.5 Å². The van der Waals surface area contributed by atoms with Crippen molar-refractivity contribution >= 4 is 10.0 Å². The Morgan fingerprint density at radius 2 is 1.83 bits per heavy atom. The van der Waals surface area contributed by atoms with E-state index in [9.17, 15) is 21.6 Å². The van der Waals surface area contributed by atoms with Gasteiger partial charge >= 0.3 is 6.18 Å². The monoisotopic (exact) mass is 281 g/mol. The number of hydrogen-bond donors (Lipinski definition) is 1. The average Bonchev–Trinajstić information content (AvgIpc) is 2.27. The molecule has 0 saturated carbocycles. The van der Waals surface area contributed by atoms with Crippen LogP contribution in [0.1, 0.15) is 25.8 Å². The molecule has 3 nitrogen and oxygen atoms in total. The highest BCUT2D eigenvalue weighted by Gasteiger charge is 2.36. The van der Waals surface area contributed by atoms with Crippen LogP contribution in [-0.2, 0) is 16.2 Å². The number of nitrogens with one attached hydrogen (secondary N) is 1. The maximum Gasteiger partial charge on any atom is 0.417 e. The summed E-state index contributed by atoms with van der Waals surface area (Å²) in [7, 11) is -4.16. The molecule has 7 heteroatoms. The third-order valence-corrected chi connectivity index (χ3v) is 4.10. The van der Waals surface area contributed by atoms with Gasteiger partial charge in [-0.2, -0.15) is 13.2 Å². The summed E-state index contributed by atoms with van der Waals surface area (Å²) < 4.78 is 64.0. The lowest BCUT2D eigenvalue weighted by molar-refractivity contribution is -0.139. The fraction of sp³-hybridized carbons (Fsp3) is 0.455. The third-order valence-electron chi connectivity index (χ3n) is 2.45. The molecule has 0 unspecified atom stereocenters. The Kier molecular flexibility index (Phi) is 4.39. The van der Waals surface area contributed by atoms with E-state index in [0.29, 0.717) is 6.42 Å². The molecular weight excluding hydrogens is 267 g/mol. The second kappa shape index (κ2) is 5.27. The molecule has 1 N–H and O–H groups in total. The second-order valence-corrected chi connectivity index (χ2v) is 5.61. The van der Waals surface area contributed by atoms with Crippen LogP contribution in [0.2, 0.25) is 0 Å². The Labute approximate surface area is 104 Å². The third kappa shape index (κ3) is 3.46. The van der Waals surface area contributed by atoms with Crippen LogP contribution >= 0.6 is 0 Å². The lowest BCUT2D eigenvalue weighted by Crippen LogP contribution is -2.33. The molecule has 0 aliphatic carbocycles. The second-order valence-electron chi connectivity index (χ2n) is 3.92. The molecule has 1 aromatic rings. The minimum absolute atomic E-state index is 0.420. The summed E-state index contributed by atoms with van der Waals surface area (Å²) in [6.07, 6.45) is -4.20. The van der Waals surface area contributed by atoms with Crippen LogP contribution in [0.5, 0.6) is 0 Å². The molecule has 0 aromatic heterocycles. The van der Waals surface area contributed by atoms with Crippen molar-refractivity contribution in [2.24, 2.45) is 0 Å². The first-order valence-electron chi connectivity index (χ1n) is 5.37. The summed E-state index contributed by atoms with van der Waals surface area (Å²) in [6, 6.07) is 3.71. The Hall–Kier alpha value is -1.08. The van der Waals surface area contributed by atoms with Gasteiger partial charge in [0.15, 0.2) is 0 Å². The van der Waals surface area contributed by atoms with Gasteiger partial charge in [-0.25, -0.2) is 13.1 Å². The van der Waals surface area contributed by atoms with E-state index in [1.54, 1.807) is 13.8 Å². The zero-order valence-electron chi connectivity index (χ0n) is 9.95. The summed E-state index contributed by atoms with van der Waals surface area (Å²) in [5, 5.41) is 0. The van der Waals surface area contributed by atoms with Crippen LogP contribution in [0.25, 0.3) is 0 Å². The van der Waals surface area contributed by atoms with Crippen LogP contribution < -0.4 is 4.72 Å². The van der Waals surface area contributed by atoms with Gasteiger partial charge in [-0.15, -0.1) is 0 Å². The van der Waals surface area contributed by atoms with Crippen LogP contribution in [0.4, 0.5) is 13.2 Å². The van der Waals surface area contributed by atoms with Crippen LogP contribution in [0, 0.1) is 0 Å². The quantitative estimate of drug-likeness (QED) is 0.922. The molecule has 0 bridgehead atoms. The summed E-state index contributed by atoms with van der Waals surface area (Å²) >= 11 is 0. The molecule has 0 amide bonds. The molecule has 0 saturated heterocycles. The number of hydrogen-bond acceptors (Lipinski definition) is 2. The maximum absolute atomic E-state index is 12.7. The maximum atomic E-state index is 12.7. The Morgan fingerprint density at radius 1 is 1.28 bits per heavy atom. The summed E-state index contributed by atoms with van der Waals surface area (Å²) in [4.78, 5) is -0.738. The van der Waals surface area contributed by atoms with E-state index < -0.39 is 32.7 Å². The first kappa shape index (κ1) is 15.0. The van der Waals surface area contributed by atoms with Crippen molar-refractivity contribution in [2.75, 3.05) is 0 Å². The molecule has 0 aliphatic heterocycles. The van der Waals surface area contributed by atoms with Crippen LogP contribution in [0.3, 0.4) is 0 Å². The van der Waals surface area contributed by atoms with E-state index in [1.165, 1.54) is 6.07 Å². The topological polar surface area (TPSA) is 46.2 Å². The predicted molar refractivity (Wildman–Crippen MR) is 61.5 cm³/mol. The van der Waals surface area contributed by atoms with Crippen molar-refractivity contribution in [1.82, 2.24) is 4.72 Å². The van der Waals surface area contributed by atoms with Crippen molar-refractivity contribution in [3.8, 4) is 0 Å². The molecule has 102 valence electrons. The highest BCUT2D eigenvalue weighted by molar-refractivity contribution is 7.89. The van der Waals surface area contributed by atoms with Gasteiger partial charge in [0.05, 0.1) is 10.5 Å². The average molecular weight is 281 g/mol. The largest absolute Gasteiger partial charge is 0.417 e. The smallest absolute Gasteiger partial charge is 0.208 e. The lowest BCUT2D eigenvalue weighted by Gasteiger charge is -2.16. The van der Waals surface area contributed by atoms with Gasteiger partial charge in [0.2, 0.25) is 10.0 Å². The minimum atomic E-state index is -4.69. The molecule has 18 heavy (non-hydrogen) atoms. The molecule has 1 atom stereocenters. The van der Waals surface area contributed by atoms with Crippen molar-refractivity contribution in [2.45, 2.75) is 37.4 Å². The minimum Gasteiger partial charge on any atom is -0.208 e. The molecule has 1 aromatic carbocycles. The van der Waals surface area contributed by atoms with Crippen LogP contribution in [-0.4, -0.2) is 14.5 Å². The van der Waals surface area contributed by atoms with Crippen molar-refractivity contribution in [3.63, 3.8) is 0 Å². The van der Waals surface area contributed by atoms with Gasteiger partial charge in [-0.1, -0.05) is 19.1 Å². The standard InChI is InChI=1S/C11H14F3NO2S/c1-3-8(2)15-18(16,17)10-7-5-4-6-9(10)11(12,13)14/h4-8,15H,3H2,1-2H3/t8-/m0/s1. The first-order valence-corrected chi connectivity index (χ1v) is 6.85. The molecular formula is C11H14F3NO2S. The molecule has 1 rings (SSSR count). The van der Waals surface area contributed by atoms with Gasteiger partial charge in [-0.3, -0.25) is 0 Å². The van der Waals surface area contributed by atoms with E-state index in [-0.39, 0.29) is 0 Å². The highest BCUT2D eigenvalue weighted by Crippen LogP contribution is 2.33. The number of sulfonamides is 1. The number of halogens is 3. The van der Waals surface area contributed by atoms with Crippen molar-refractivity contribution in [3.05, 3.63) is 29.8 Å². The predicted octanol–water partition coefficient (Wildman–Crippen LogP) is 2.78. The lowest BCUT2D eigenvalue weighted by atomic mass is 10.2. The summed E-state index contributed by atoms with van der Waals surface area (Å²) in [5.41, 5.74) is -1.15. The molecule has 0 radical (unpaired) electrons. The first-order chi connectivity index (χ1) is 8.18. The van der Waals surface area contributed by atoms with Gasteiger partial charge in [0.1, 0.15) is 0 Å². The Balaban J connectivity index is 3.25. The van der Waals surface area contributed by atoms with E-state index in [1.807, 2.05) is 0 Å². The zero-order valence-corrected chi connectivity index (χ0v) is 10.8. The number of benzene rings is 1. The van der Waals surface area contributed by atoms with E-state index in [4.69, 9.17) is 0 Å². The molecule has 0 spiro atoms. The summed E-state index contributed by atoms with van der Waals surface area (Å²) in [6.45, 7) is 3.33. The molecule has 0 aliphatic rings. The fourth-order valence-corrected chi connectivity index (χ4v) is 2.90. The van der Waals surface area contributed by atoms with Gasteiger partial charge < -0.3 is 0 Å². The Morgan fingerprint density at radius 3 is 2.33 bits per heavy atom. The van der Waals surface area contributed by atoms with Gasteiger partial charge in [0, 0.05) is 6.04 Å². The zero-order chi connectivity index (χ0) is 14.0. The number of rotatable bonds is 4. The molecule has 0 fully saturated rings. The van der Waals surface area contributed by atoms with E-state index >= 15 is 0 Å². The van der Waals surface area contributed by atoms with Crippen molar-refractivity contribution < 1.29 is 21.6 Å². The van der Waals surface area contributed by atoms with Gasteiger partial charge in [0.25, 0.3) is 0 Å². The molecule has 0 heterocycles. The number of alkyl halides is 3. The SMILES string of the molecule is CC[C@H](C)NS(=O)(=O)c1ccccc1C(F)(F)F. The summed E-state index contributed by atoms with van der Waals surface area (Å²) in [5.74, 6) is 0. The Bertz CT molecular complexity index is 511. The van der Waals surface area contributed by atoms with Crippen molar-refractivity contribution in [1.29, 1.82) is 0 Å². The van der Waals surface area contributed by atoms with E-state index in [2.05, 4.69) is 4.72 Å². The normalized spacial score (nSPS) is 14.5. The van der Waals surface area contributed by atoms with Crippen LogP contribution in [0.15, 0.2) is 29.2 Å². The highest BCUT2D eigenvalue weighted by atomic mass is 32.2.